The maximum absolute atomic E-state index is 12.3. The molecule has 39 heavy (non-hydrogen) atoms. The lowest BCUT2D eigenvalue weighted by atomic mass is 10.1. The number of esters is 2. The van der Waals surface area contributed by atoms with E-state index in [9.17, 15) is 19.0 Å². The van der Waals surface area contributed by atoms with E-state index in [0.717, 1.165) is 32.1 Å². The molecule has 0 aromatic heterocycles. The van der Waals surface area contributed by atoms with Crippen molar-refractivity contribution in [2.45, 2.75) is 123 Å². The molecule has 0 spiro atoms. The van der Waals surface area contributed by atoms with Crippen LogP contribution in [0.2, 0.25) is 0 Å². The summed E-state index contributed by atoms with van der Waals surface area (Å²) in [6.45, 7) is 3.27. The summed E-state index contributed by atoms with van der Waals surface area (Å²) in [7, 11) is -4.34. The Kier molecular flexibility index (Phi) is 25.7. The minimum atomic E-state index is -4.34. The Hall–Kier alpha value is -1.51. The first-order valence-corrected chi connectivity index (χ1v) is 16.3. The molecule has 0 aliphatic heterocycles. The molecule has 0 rings (SSSR count). The summed E-state index contributed by atoms with van der Waals surface area (Å²) < 4.78 is 31.8. The van der Waals surface area contributed by atoms with Crippen molar-refractivity contribution >= 4 is 19.8 Å². The fourth-order valence-electron chi connectivity index (χ4n) is 3.64. The molecule has 0 saturated carbocycles. The van der Waals surface area contributed by atoms with Gasteiger partial charge in [0.2, 0.25) is 0 Å². The highest BCUT2D eigenvalue weighted by Crippen LogP contribution is 2.43. The Labute approximate surface area is 236 Å². The van der Waals surface area contributed by atoms with E-state index in [1.165, 1.54) is 44.9 Å². The number of carbonyl (C=O) groups excluding carboxylic acids is 2. The highest BCUT2D eigenvalue weighted by Gasteiger charge is 2.25. The average Bonchev–Trinajstić information content (AvgIpc) is 2.91. The van der Waals surface area contributed by atoms with E-state index < -0.39 is 32.5 Å². The lowest BCUT2D eigenvalue weighted by Crippen LogP contribution is -2.29. The Bertz CT molecular complexity index is 713. The largest absolute Gasteiger partial charge is 0.472 e. The molecule has 0 amide bonds. The van der Waals surface area contributed by atoms with Gasteiger partial charge in [0.1, 0.15) is 6.61 Å². The fraction of sp³-hybridized carbons (Fsp3) is 0.793. The molecule has 10 heteroatoms. The number of rotatable bonds is 27. The van der Waals surface area contributed by atoms with Crippen molar-refractivity contribution in [1.29, 1.82) is 0 Å². The van der Waals surface area contributed by atoms with Crippen LogP contribution in [0.4, 0.5) is 0 Å². The third-order valence-corrected chi connectivity index (χ3v) is 6.79. The van der Waals surface area contributed by atoms with Gasteiger partial charge in [-0.15, -0.1) is 0 Å². The fourth-order valence-corrected chi connectivity index (χ4v) is 4.41. The standard InChI is InChI=1S/C29H54NO8P/c1-3-5-6-7-8-9-10-11-12-13-14-15-16-17-18-19-20-22-29(32)38-27(25-35-28(31)21-4-2)26-37-39(33,34)36-24-23-30/h8-9,11-12,27H,3-7,10,13-26,30H2,1-2H3,(H,33,34)/b9-8-,12-11-. The lowest BCUT2D eigenvalue weighted by Gasteiger charge is -2.19. The molecule has 2 atom stereocenters. The number of hydrogen-bond acceptors (Lipinski definition) is 8. The Balaban J connectivity index is 4.02. The van der Waals surface area contributed by atoms with E-state index in [0.29, 0.717) is 12.8 Å². The summed E-state index contributed by atoms with van der Waals surface area (Å²) in [6, 6.07) is 0. The van der Waals surface area contributed by atoms with Crippen LogP contribution in [0.5, 0.6) is 0 Å². The van der Waals surface area contributed by atoms with Gasteiger partial charge in [-0.05, 0) is 44.9 Å². The molecular formula is C29H54NO8P. The summed E-state index contributed by atoms with van der Waals surface area (Å²) in [5, 5.41) is 0. The first-order valence-electron chi connectivity index (χ1n) is 14.8. The molecular weight excluding hydrogens is 521 g/mol. The third-order valence-electron chi connectivity index (χ3n) is 5.81. The van der Waals surface area contributed by atoms with Gasteiger partial charge < -0.3 is 20.1 Å². The number of ether oxygens (including phenoxy) is 2. The lowest BCUT2D eigenvalue weighted by molar-refractivity contribution is -0.161. The monoisotopic (exact) mass is 575 g/mol. The van der Waals surface area contributed by atoms with Crippen molar-refractivity contribution in [2.24, 2.45) is 5.73 Å². The molecule has 0 aliphatic carbocycles. The molecule has 0 aromatic rings. The van der Waals surface area contributed by atoms with Crippen molar-refractivity contribution in [2.75, 3.05) is 26.4 Å². The van der Waals surface area contributed by atoms with Crippen LogP contribution >= 0.6 is 7.82 Å². The van der Waals surface area contributed by atoms with Crippen molar-refractivity contribution in [3.05, 3.63) is 24.3 Å². The molecule has 0 radical (unpaired) electrons. The Morgan fingerprint density at radius 1 is 0.769 bits per heavy atom. The number of phosphoric acid groups is 1. The molecule has 0 saturated heterocycles. The second kappa shape index (κ2) is 26.7. The maximum Gasteiger partial charge on any atom is 0.472 e. The summed E-state index contributed by atoms with van der Waals surface area (Å²) >= 11 is 0. The zero-order valence-corrected chi connectivity index (χ0v) is 25.3. The summed E-state index contributed by atoms with van der Waals surface area (Å²) in [5.41, 5.74) is 5.26. The average molecular weight is 576 g/mol. The second-order valence-corrected chi connectivity index (χ2v) is 11.1. The van der Waals surface area contributed by atoms with Gasteiger partial charge in [-0.25, -0.2) is 4.57 Å². The van der Waals surface area contributed by atoms with E-state index in [4.69, 9.17) is 19.7 Å². The van der Waals surface area contributed by atoms with Crippen LogP contribution < -0.4 is 5.73 Å². The van der Waals surface area contributed by atoms with Crippen LogP contribution in [-0.4, -0.2) is 49.3 Å². The van der Waals surface area contributed by atoms with E-state index in [-0.39, 0.29) is 32.6 Å². The van der Waals surface area contributed by atoms with Gasteiger partial charge in [0, 0.05) is 19.4 Å². The van der Waals surface area contributed by atoms with E-state index in [1.54, 1.807) is 0 Å². The van der Waals surface area contributed by atoms with Gasteiger partial charge in [-0.3, -0.25) is 18.6 Å². The SMILES string of the molecule is CCCCC/C=C\C/C=C\CCCCCCCCCC(=O)OC(COC(=O)CCC)COP(=O)(O)OCCN. The molecule has 0 fully saturated rings. The Morgan fingerprint density at radius 3 is 2.00 bits per heavy atom. The topological polar surface area (TPSA) is 134 Å². The van der Waals surface area contributed by atoms with Gasteiger partial charge in [-0.1, -0.05) is 83.1 Å². The highest BCUT2D eigenvalue weighted by atomic mass is 31.2. The molecule has 0 aliphatic rings. The zero-order chi connectivity index (χ0) is 29.0. The van der Waals surface area contributed by atoms with Crippen LogP contribution in [0.25, 0.3) is 0 Å². The number of phosphoric ester groups is 1. The number of hydrogen-bond donors (Lipinski definition) is 2. The van der Waals surface area contributed by atoms with Crippen molar-refractivity contribution in [1.82, 2.24) is 0 Å². The van der Waals surface area contributed by atoms with Gasteiger partial charge in [0.05, 0.1) is 13.2 Å². The van der Waals surface area contributed by atoms with E-state index >= 15 is 0 Å². The minimum Gasteiger partial charge on any atom is -0.462 e. The normalized spacial score (nSPS) is 14.1. The van der Waals surface area contributed by atoms with E-state index in [2.05, 4.69) is 35.8 Å². The number of unbranched alkanes of at least 4 members (excludes halogenated alkanes) is 10. The third kappa shape index (κ3) is 26.5. The highest BCUT2D eigenvalue weighted by molar-refractivity contribution is 7.47. The quantitative estimate of drug-likeness (QED) is 0.0463. The van der Waals surface area contributed by atoms with Gasteiger partial charge >= 0.3 is 19.8 Å². The van der Waals surface area contributed by atoms with Gasteiger partial charge in [-0.2, -0.15) is 0 Å². The molecule has 2 unspecified atom stereocenters. The van der Waals surface area contributed by atoms with Gasteiger partial charge in [0.15, 0.2) is 6.10 Å². The van der Waals surface area contributed by atoms with E-state index in [1.807, 2.05) is 6.92 Å². The van der Waals surface area contributed by atoms with Gasteiger partial charge in [0.25, 0.3) is 0 Å². The van der Waals surface area contributed by atoms with Crippen LogP contribution in [0.15, 0.2) is 24.3 Å². The first kappa shape index (κ1) is 37.5. The summed E-state index contributed by atoms with van der Waals surface area (Å²) in [5.74, 6) is -0.903. The zero-order valence-electron chi connectivity index (χ0n) is 24.4. The predicted molar refractivity (Wildman–Crippen MR) is 155 cm³/mol. The summed E-state index contributed by atoms with van der Waals surface area (Å²) in [6.07, 6.45) is 23.7. The summed E-state index contributed by atoms with van der Waals surface area (Å²) in [4.78, 5) is 33.6. The van der Waals surface area contributed by atoms with Crippen molar-refractivity contribution in [3.63, 3.8) is 0 Å². The van der Waals surface area contributed by atoms with Crippen LogP contribution in [0, 0.1) is 0 Å². The molecule has 0 aromatic carbocycles. The molecule has 228 valence electrons. The number of carbonyl (C=O) groups is 2. The van der Waals surface area contributed by atoms with Crippen LogP contribution in [0.3, 0.4) is 0 Å². The predicted octanol–water partition coefficient (Wildman–Crippen LogP) is 6.93. The number of allylic oxidation sites excluding steroid dienone is 4. The smallest absolute Gasteiger partial charge is 0.462 e. The number of nitrogens with two attached hydrogens (primary N) is 1. The van der Waals surface area contributed by atoms with Crippen LogP contribution in [0.1, 0.15) is 117 Å². The van der Waals surface area contributed by atoms with Crippen molar-refractivity contribution < 1.29 is 37.6 Å². The minimum absolute atomic E-state index is 0.0513. The molecule has 0 heterocycles. The van der Waals surface area contributed by atoms with Crippen LogP contribution in [-0.2, 0) is 32.7 Å². The second-order valence-electron chi connectivity index (χ2n) is 9.62. The molecule has 3 N–H and O–H groups in total. The molecule has 0 bridgehead atoms. The molecule has 9 nitrogen and oxygen atoms in total. The van der Waals surface area contributed by atoms with Crippen molar-refractivity contribution in [3.8, 4) is 0 Å². The Morgan fingerprint density at radius 2 is 1.38 bits per heavy atom. The first-order chi connectivity index (χ1) is 18.8. The maximum atomic E-state index is 12.3.